The molecule has 0 bridgehead atoms. The van der Waals surface area contributed by atoms with E-state index in [1.54, 1.807) is 38.5 Å². The second kappa shape index (κ2) is 10.2. The van der Waals surface area contributed by atoms with E-state index in [9.17, 15) is 4.79 Å². The summed E-state index contributed by atoms with van der Waals surface area (Å²) in [6.45, 7) is 4.13. The highest BCUT2D eigenvalue weighted by Gasteiger charge is 2.24. The topological polar surface area (TPSA) is 64.1 Å². The predicted molar refractivity (Wildman–Crippen MR) is 123 cm³/mol. The molecule has 0 N–H and O–H groups in total. The summed E-state index contributed by atoms with van der Waals surface area (Å²) in [5.41, 5.74) is 1.35. The van der Waals surface area contributed by atoms with E-state index in [4.69, 9.17) is 14.2 Å². The van der Waals surface area contributed by atoms with Crippen molar-refractivity contribution in [1.29, 1.82) is 0 Å². The van der Waals surface area contributed by atoms with Gasteiger partial charge in [0.15, 0.2) is 11.5 Å². The number of rotatable bonds is 7. The number of benzene rings is 2. The van der Waals surface area contributed by atoms with Crippen molar-refractivity contribution >= 4 is 11.8 Å². The molecule has 0 radical (unpaired) electrons. The van der Waals surface area contributed by atoms with E-state index < -0.39 is 5.97 Å². The predicted octanol–water partition coefficient (Wildman–Crippen LogP) is 3.64. The molecule has 4 rings (SSSR count). The molecule has 0 saturated carbocycles. The molecule has 7 nitrogen and oxygen atoms in total. The van der Waals surface area contributed by atoms with Crippen LogP contribution in [0.15, 0.2) is 66.9 Å². The molecule has 0 unspecified atom stereocenters. The number of ether oxygens (including phenoxy) is 3. The van der Waals surface area contributed by atoms with E-state index in [1.807, 2.05) is 42.6 Å². The molecule has 1 aromatic heterocycles. The molecule has 1 fully saturated rings. The Bertz CT molecular complexity index is 1040. The van der Waals surface area contributed by atoms with Crippen LogP contribution in [-0.4, -0.2) is 56.3 Å². The average Bonchev–Trinajstić information content (AvgIpc) is 2.86. The number of aromatic nitrogens is 1. The first-order valence-corrected chi connectivity index (χ1v) is 10.6. The minimum Gasteiger partial charge on any atom is -0.493 e. The molecule has 3 aromatic rings. The van der Waals surface area contributed by atoms with Gasteiger partial charge in [0.2, 0.25) is 5.75 Å². The number of hydrogen-bond donors (Lipinski definition) is 0. The highest BCUT2D eigenvalue weighted by Crippen LogP contribution is 2.41. The molecule has 166 valence electrons. The molecule has 2 aromatic carbocycles. The summed E-state index contributed by atoms with van der Waals surface area (Å²) in [5.74, 6) is 1.90. The fraction of sp³-hybridized carbons (Fsp3) is 0.280. The van der Waals surface area contributed by atoms with Crippen molar-refractivity contribution in [2.75, 3.05) is 45.3 Å². The zero-order valence-corrected chi connectivity index (χ0v) is 18.4. The molecule has 0 atom stereocenters. The first kappa shape index (κ1) is 21.6. The number of piperazine rings is 1. The molecule has 0 amide bonds. The molecule has 1 aliphatic rings. The number of nitrogens with zero attached hydrogens (tertiary/aromatic N) is 3. The lowest BCUT2D eigenvalue weighted by Gasteiger charge is -2.35. The largest absolute Gasteiger partial charge is 0.493 e. The highest BCUT2D eigenvalue weighted by atomic mass is 16.6. The number of methoxy groups -OCH3 is 2. The Morgan fingerprint density at radius 1 is 0.875 bits per heavy atom. The Balaban J connectivity index is 1.52. The summed E-state index contributed by atoms with van der Waals surface area (Å²) >= 11 is 0. The van der Waals surface area contributed by atoms with E-state index in [0.29, 0.717) is 29.4 Å². The quantitative estimate of drug-likeness (QED) is 0.416. The van der Waals surface area contributed by atoms with Gasteiger partial charge in [-0.1, -0.05) is 30.3 Å². The third kappa shape index (κ3) is 4.84. The number of carbonyl (C=O) groups is 1. The van der Waals surface area contributed by atoms with Crippen LogP contribution in [-0.2, 0) is 6.54 Å². The van der Waals surface area contributed by atoms with Crippen molar-refractivity contribution in [3.8, 4) is 17.2 Å². The number of anilines is 1. The summed E-state index contributed by atoms with van der Waals surface area (Å²) in [5, 5.41) is 0. The van der Waals surface area contributed by atoms with Crippen LogP contribution in [0.1, 0.15) is 15.9 Å². The first-order chi connectivity index (χ1) is 15.7. The van der Waals surface area contributed by atoms with Crippen LogP contribution in [0.3, 0.4) is 0 Å². The minimum absolute atomic E-state index is 0.396. The molecule has 7 heteroatoms. The second-order valence-corrected chi connectivity index (χ2v) is 7.50. The molecular weight excluding hydrogens is 406 g/mol. The van der Waals surface area contributed by atoms with Gasteiger partial charge in [0.1, 0.15) is 5.82 Å². The Hall–Kier alpha value is -3.58. The smallest absolute Gasteiger partial charge is 0.343 e. The Labute approximate surface area is 188 Å². The van der Waals surface area contributed by atoms with Crippen LogP contribution < -0.4 is 19.1 Å². The van der Waals surface area contributed by atoms with Crippen molar-refractivity contribution in [3.05, 3.63) is 78.0 Å². The third-order valence-corrected chi connectivity index (χ3v) is 5.53. The Morgan fingerprint density at radius 3 is 2.28 bits per heavy atom. The van der Waals surface area contributed by atoms with Gasteiger partial charge in [-0.25, -0.2) is 9.78 Å². The average molecular weight is 434 g/mol. The first-order valence-electron chi connectivity index (χ1n) is 10.6. The minimum atomic E-state index is -0.432. The maximum absolute atomic E-state index is 12.8. The van der Waals surface area contributed by atoms with Crippen LogP contribution in [0, 0.1) is 0 Å². The lowest BCUT2D eigenvalue weighted by atomic mass is 10.1. The molecule has 1 saturated heterocycles. The fourth-order valence-corrected chi connectivity index (χ4v) is 3.82. The van der Waals surface area contributed by atoms with Gasteiger partial charge >= 0.3 is 5.97 Å². The monoisotopic (exact) mass is 433 g/mol. The number of hydrogen-bond acceptors (Lipinski definition) is 7. The molecule has 0 spiro atoms. The van der Waals surface area contributed by atoms with Gasteiger partial charge in [0.25, 0.3) is 0 Å². The molecule has 1 aliphatic heterocycles. The van der Waals surface area contributed by atoms with Gasteiger partial charge in [-0.2, -0.15) is 0 Å². The Kier molecular flexibility index (Phi) is 6.87. The maximum Gasteiger partial charge on any atom is 0.343 e. The second-order valence-electron chi connectivity index (χ2n) is 7.50. The van der Waals surface area contributed by atoms with Gasteiger partial charge in [0.05, 0.1) is 19.8 Å². The normalized spacial score (nSPS) is 14.1. The molecule has 2 heterocycles. The highest BCUT2D eigenvalue weighted by molar-refractivity contribution is 5.91. The van der Waals surface area contributed by atoms with Gasteiger partial charge in [-0.15, -0.1) is 0 Å². The van der Waals surface area contributed by atoms with Crippen molar-refractivity contribution in [2.45, 2.75) is 6.54 Å². The van der Waals surface area contributed by atoms with Crippen LogP contribution >= 0.6 is 0 Å². The number of carbonyl (C=O) groups excluding carboxylic acids is 1. The van der Waals surface area contributed by atoms with Crippen LogP contribution in [0.4, 0.5) is 5.82 Å². The van der Waals surface area contributed by atoms with E-state index >= 15 is 0 Å². The zero-order valence-electron chi connectivity index (χ0n) is 18.4. The summed E-state index contributed by atoms with van der Waals surface area (Å²) < 4.78 is 16.8. The van der Waals surface area contributed by atoms with Gasteiger partial charge in [-0.3, -0.25) is 4.90 Å². The van der Waals surface area contributed by atoms with E-state index in [2.05, 4.69) is 14.8 Å². The van der Waals surface area contributed by atoms with Crippen LogP contribution in [0.2, 0.25) is 0 Å². The SMILES string of the molecule is COc1ccc(CN2CCN(c3ccccn3)CC2)c(OC(=O)c2ccccc2)c1OC. The van der Waals surface area contributed by atoms with Crippen molar-refractivity contribution in [2.24, 2.45) is 0 Å². The molecule has 32 heavy (non-hydrogen) atoms. The number of esters is 1. The van der Waals surface area contributed by atoms with Crippen molar-refractivity contribution < 1.29 is 19.0 Å². The van der Waals surface area contributed by atoms with Crippen LogP contribution in [0.5, 0.6) is 17.2 Å². The lowest BCUT2D eigenvalue weighted by molar-refractivity contribution is 0.0725. The van der Waals surface area contributed by atoms with Crippen LogP contribution in [0.25, 0.3) is 0 Å². The van der Waals surface area contributed by atoms with E-state index in [0.717, 1.165) is 37.6 Å². The standard InChI is InChI=1S/C25H27N3O4/c1-30-21-12-11-20(18-27-14-16-28(17-15-27)22-10-6-7-13-26-22)23(24(21)31-2)32-25(29)19-8-4-3-5-9-19/h3-13H,14-18H2,1-2H3. The molecular formula is C25H27N3O4. The Morgan fingerprint density at radius 2 is 1.62 bits per heavy atom. The fourth-order valence-electron chi connectivity index (χ4n) is 3.82. The maximum atomic E-state index is 12.8. The van der Waals surface area contributed by atoms with Crippen molar-refractivity contribution in [3.63, 3.8) is 0 Å². The summed E-state index contributed by atoms with van der Waals surface area (Å²) in [6.07, 6.45) is 1.82. The third-order valence-electron chi connectivity index (χ3n) is 5.53. The van der Waals surface area contributed by atoms with Gasteiger partial charge in [-0.05, 0) is 30.3 Å². The number of pyridine rings is 1. The van der Waals surface area contributed by atoms with Crippen molar-refractivity contribution in [1.82, 2.24) is 9.88 Å². The van der Waals surface area contributed by atoms with E-state index in [-0.39, 0.29) is 0 Å². The lowest BCUT2D eigenvalue weighted by Crippen LogP contribution is -2.46. The van der Waals surface area contributed by atoms with Gasteiger partial charge in [0, 0.05) is 44.5 Å². The summed E-state index contributed by atoms with van der Waals surface area (Å²) in [6, 6.07) is 18.7. The summed E-state index contributed by atoms with van der Waals surface area (Å²) in [7, 11) is 3.12. The van der Waals surface area contributed by atoms with E-state index in [1.165, 1.54) is 0 Å². The summed E-state index contributed by atoms with van der Waals surface area (Å²) in [4.78, 5) is 21.8. The van der Waals surface area contributed by atoms with Gasteiger partial charge < -0.3 is 19.1 Å². The molecule has 0 aliphatic carbocycles. The zero-order chi connectivity index (χ0) is 22.3.